The number of carbonyl (C=O) groups excluding carboxylic acids is 1. The highest BCUT2D eigenvalue weighted by Gasteiger charge is 2.08. The molecule has 1 aromatic carbocycles. The standard InChI is InChI=1S/C11H17BClN3O2/c1-18-12-16-6-2-5-15-11(17)9-4-3-8(13)7-10(9)14/h3-4,7,12,16H,2,5-6,14H2,1H3,(H,15,17). The molecule has 4 N–H and O–H groups in total. The second-order valence-corrected chi connectivity index (χ2v) is 4.21. The summed E-state index contributed by atoms with van der Waals surface area (Å²) in [6.45, 7) is 1.36. The fraction of sp³-hybridized carbons (Fsp3) is 0.364. The second kappa shape index (κ2) is 7.97. The summed E-state index contributed by atoms with van der Waals surface area (Å²) >= 11 is 5.77. The molecule has 98 valence electrons. The SMILES string of the molecule is COBNCCCNC(=O)c1ccc(Cl)cc1N. The minimum absolute atomic E-state index is 0.184. The van der Waals surface area contributed by atoms with Crippen LogP contribution in [0.4, 0.5) is 5.69 Å². The van der Waals surface area contributed by atoms with Crippen molar-refractivity contribution < 1.29 is 9.45 Å². The van der Waals surface area contributed by atoms with Crippen molar-refractivity contribution in [1.82, 2.24) is 10.5 Å². The number of anilines is 1. The normalized spacial score (nSPS) is 10.1. The molecule has 0 radical (unpaired) electrons. The Bertz CT molecular complexity index is 404. The van der Waals surface area contributed by atoms with Gasteiger partial charge in [-0.15, -0.1) is 0 Å². The van der Waals surface area contributed by atoms with Crippen LogP contribution in [0.3, 0.4) is 0 Å². The lowest BCUT2D eigenvalue weighted by atomic mass is 10.1. The molecular weight excluding hydrogens is 252 g/mol. The summed E-state index contributed by atoms with van der Waals surface area (Å²) in [6.07, 6.45) is 0.822. The van der Waals surface area contributed by atoms with Crippen molar-refractivity contribution >= 4 is 30.8 Å². The summed E-state index contributed by atoms with van der Waals surface area (Å²) in [5, 5.41) is 6.37. The van der Waals surface area contributed by atoms with Crippen molar-refractivity contribution in [1.29, 1.82) is 0 Å². The summed E-state index contributed by atoms with van der Waals surface area (Å²) < 4.78 is 4.84. The molecule has 7 heteroatoms. The van der Waals surface area contributed by atoms with Gasteiger partial charge in [0.15, 0.2) is 0 Å². The van der Waals surface area contributed by atoms with Crippen LogP contribution in [-0.2, 0) is 4.65 Å². The van der Waals surface area contributed by atoms with Gasteiger partial charge in [-0.05, 0) is 31.2 Å². The van der Waals surface area contributed by atoms with E-state index in [1.807, 2.05) is 0 Å². The van der Waals surface area contributed by atoms with Crippen LogP contribution in [0.25, 0.3) is 0 Å². The molecule has 0 aliphatic carbocycles. The van der Waals surface area contributed by atoms with Gasteiger partial charge in [-0.25, -0.2) is 0 Å². The second-order valence-electron chi connectivity index (χ2n) is 3.77. The third-order valence-electron chi connectivity index (χ3n) is 2.32. The summed E-state index contributed by atoms with van der Waals surface area (Å²) in [4.78, 5) is 11.8. The van der Waals surface area contributed by atoms with Crippen LogP contribution in [0.2, 0.25) is 5.02 Å². The molecule has 5 nitrogen and oxygen atoms in total. The Morgan fingerprint density at radius 2 is 2.28 bits per heavy atom. The molecule has 0 aromatic heterocycles. The van der Waals surface area contributed by atoms with Crippen LogP contribution in [0.1, 0.15) is 16.8 Å². The van der Waals surface area contributed by atoms with E-state index in [0.717, 1.165) is 13.0 Å². The quantitative estimate of drug-likeness (QED) is 0.384. The molecule has 0 fully saturated rings. The van der Waals surface area contributed by atoms with E-state index in [9.17, 15) is 4.79 Å². The molecule has 0 saturated carbocycles. The van der Waals surface area contributed by atoms with Gasteiger partial charge in [-0.3, -0.25) is 4.79 Å². The van der Waals surface area contributed by atoms with Gasteiger partial charge in [0.1, 0.15) is 0 Å². The van der Waals surface area contributed by atoms with Gasteiger partial charge in [-0.1, -0.05) is 11.6 Å². The van der Waals surface area contributed by atoms with E-state index in [-0.39, 0.29) is 5.91 Å². The Morgan fingerprint density at radius 3 is 2.94 bits per heavy atom. The van der Waals surface area contributed by atoms with Gasteiger partial charge in [0.25, 0.3) is 5.91 Å². The van der Waals surface area contributed by atoms with Gasteiger partial charge < -0.3 is 20.9 Å². The maximum absolute atomic E-state index is 11.8. The summed E-state index contributed by atoms with van der Waals surface area (Å²) in [5.74, 6) is -0.184. The third-order valence-corrected chi connectivity index (χ3v) is 2.56. The number of amides is 1. The number of carbonyl (C=O) groups is 1. The average molecular weight is 270 g/mol. The first-order chi connectivity index (χ1) is 8.65. The predicted octanol–water partition coefficient (Wildman–Crippen LogP) is 0.545. The molecule has 1 aromatic rings. The zero-order chi connectivity index (χ0) is 13.4. The molecule has 0 spiro atoms. The van der Waals surface area contributed by atoms with Crippen LogP contribution < -0.4 is 16.3 Å². The van der Waals surface area contributed by atoms with Crippen LogP contribution in [0.5, 0.6) is 0 Å². The summed E-state index contributed by atoms with van der Waals surface area (Å²) in [5.41, 5.74) is 6.55. The maximum Gasteiger partial charge on any atom is 0.360 e. The van der Waals surface area contributed by atoms with Crippen molar-refractivity contribution in [2.75, 3.05) is 25.9 Å². The van der Waals surface area contributed by atoms with Gasteiger partial charge >= 0.3 is 7.62 Å². The fourth-order valence-electron chi connectivity index (χ4n) is 1.43. The Balaban J connectivity index is 2.32. The minimum Gasteiger partial charge on any atom is -0.427 e. The topological polar surface area (TPSA) is 76.4 Å². The van der Waals surface area contributed by atoms with E-state index in [0.29, 0.717) is 30.4 Å². The number of halogens is 1. The Hall–Kier alpha value is -1.24. The zero-order valence-electron chi connectivity index (χ0n) is 10.3. The predicted molar refractivity (Wildman–Crippen MR) is 75.0 cm³/mol. The van der Waals surface area contributed by atoms with E-state index in [1.54, 1.807) is 25.3 Å². The van der Waals surface area contributed by atoms with Crippen molar-refractivity contribution in [3.05, 3.63) is 28.8 Å². The number of hydrogen-bond donors (Lipinski definition) is 3. The Kier molecular flexibility index (Phi) is 6.56. The lowest BCUT2D eigenvalue weighted by Gasteiger charge is -2.08. The van der Waals surface area contributed by atoms with Crippen molar-refractivity contribution in [2.24, 2.45) is 0 Å². The highest BCUT2D eigenvalue weighted by molar-refractivity contribution is 6.31. The van der Waals surface area contributed by atoms with Crippen LogP contribution in [-0.4, -0.2) is 33.7 Å². The number of hydrogen-bond acceptors (Lipinski definition) is 4. The van der Waals surface area contributed by atoms with Gasteiger partial charge in [0.05, 0.1) is 5.56 Å². The summed E-state index contributed by atoms with van der Waals surface area (Å²) in [7, 11) is 2.14. The first-order valence-corrected chi connectivity index (χ1v) is 6.06. The Labute approximate surface area is 112 Å². The zero-order valence-corrected chi connectivity index (χ0v) is 11.1. The molecule has 0 unspecified atom stereocenters. The van der Waals surface area contributed by atoms with E-state index in [1.165, 1.54) is 0 Å². The highest BCUT2D eigenvalue weighted by Crippen LogP contribution is 2.17. The highest BCUT2D eigenvalue weighted by atomic mass is 35.5. The van der Waals surface area contributed by atoms with E-state index in [4.69, 9.17) is 22.0 Å². The smallest absolute Gasteiger partial charge is 0.360 e. The Morgan fingerprint density at radius 1 is 1.50 bits per heavy atom. The molecular formula is C11H17BClN3O2. The molecule has 0 heterocycles. The average Bonchev–Trinajstić information content (AvgIpc) is 2.33. The lowest BCUT2D eigenvalue weighted by molar-refractivity contribution is 0.0954. The number of benzene rings is 1. The number of rotatable bonds is 7. The van der Waals surface area contributed by atoms with E-state index < -0.39 is 0 Å². The van der Waals surface area contributed by atoms with Crippen LogP contribution >= 0.6 is 11.6 Å². The number of nitrogens with one attached hydrogen (secondary N) is 2. The molecule has 0 atom stereocenters. The molecule has 1 amide bonds. The van der Waals surface area contributed by atoms with Crippen LogP contribution in [0.15, 0.2) is 18.2 Å². The van der Waals surface area contributed by atoms with Crippen molar-refractivity contribution in [2.45, 2.75) is 6.42 Å². The molecule has 0 bridgehead atoms. The molecule has 18 heavy (non-hydrogen) atoms. The van der Waals surface area contributed by atoms with Gasteiger partial charge in [0, 0.05) is 24.4 Å². The summed E-state index contributed by atoms with van der Waals surface area (Å²) in [6, 6.07) is 4.83. The van der Waals surface area contributed by atoms with Gasteiger partial charge in [0.2, 0.25) is 0 Å². The molecule has 0 aliphatic heterocycles. The van der Waals surface area contributed by atoms with Crippen LogP contribution in [0, 0.1) is 0 Å². The number of nitrogen functional groups attached to an aromatic ring is 1. The maximum atomic E-state index is 11.8. The third kappa shape index (κ3) is 4.95. The van der Waals surface area contributed by atoms with E-state index in [2.05, 4.69) is 10.5 Å². The largest absolute Gasteiger partial charge is 0.427 e. The van der Waals surface area contributed by atoms with E-state index >= 15 is 0 Å². The minimum atomic E-state index is -0.184. The first kappa shape index (κ1) is 14.8. The monoisotopic (exact) mass is 269 g/mol. The first-order valence-electron chi connectivity index (χ1n) is 5.68. The molecule has 0 saturated heterocycles. The molecule has 1 rings (SSSR count). The van der Waals surface area contributed by atoms with Gasteiger partial charge in [-0.2, -0.15) is 0 Å². The van der Waals surface area contributed by atoms with Crippen molar-refractivity contribution in [3.8, 4) is 0 Å². The van der Waals surface area contributed by atoms with Crippen molar-refractivity contribution in [3.63, 3.8) is 0 Å². The fourth-order valence-corrected chi connectivity index (χ4v) is 1.61. The number of nitrogens with two attached hydrogens (primary N) is 1. The lowest BCUT2D eigenvalue weighted by Crippen LogP contribution is -2.29. The molecule has 0 aliphatic rings.